The molecule has 6 nitrogen and oxygen atoms in total. The molecule has 0 spiro atoms. The molecule has 0 aliphatic carbocycles. The molecule has 4 rings (SSSR count). The quantitative estimate of drug-likeness (QED) is 0.554. The van der Waals surface area contributed by atoms with Gasteiger partial charge in [-0.25, -0.2) is 8.78 Å². The zero-order valence-electron chi connectivity index (χ0n) is 12.4. The number of rotatable bonds is 3. The molecule has 0 saturated heterocycles. The van der Waals surface area contributed by atoms with E-state index in [2.05, 4.69) is 20.7 Å². The Balaban J connectivity index is 1.84. The lowest BCUT2D eigenvalue weighted by Crippen LogP contribution is -2.00. The molecule has 25 heavy (non-hydrogen) atoms. The first-order chi connectivity index (χ1) is 12.1. The van der Waals surface area contributed by atoms with E-state index in [1.54, 1.807) is 24.3 Å². The molecule has 0 bridgehead atoms. The number of nitrogens with zero attached hydrogens (tertiary/aromatic N) is 5. The van der Waals surface area contributed by atoms with Crippen molar-refractivity contribution in [3.8, 4) is 28.4 Å². The first-order valence-electron chi connectivity index (χ1n) is 7.08. The van der Waals surface area contributed by atoms with Crippen LogP contribution in [0.15, 0.2) is 53.2 Å². The molecule has 2 heterocycles. The zero-order valence-corrected chi connectivity index (χ0v) is 13.2. The smallest absolute Gasteiger partial charge is 0.192 e. The fourth-order valence-corrected chi connectivity index (χ4v) is 2.50. The molecule has 0 aliphatic rings. The molecule has 9 heteroatoms. The minimum Gasteiger partial charge on any atom is -0.355 e. The third-order valence-corrected chi connectivity index (χ3v) is 3.78. The van der Waals surface area contributed by atoms with Crippen LogP contribution in [0.5, 0.6) is 0 Å². The maximum absolute atomic E-state index is 14.1. The van der Waals surface area contributed by atoms with Crippen LogP contribution in [-0.2, 0) is 0 Å². The van der Waals surface area contributed by atoms with Crippen molar-refractivity contribution in [3.05, 3.63) is 65.3 Å². The first-order valence-corrected chi connectivity index (χ1v) is 7.46. The van der Waals surface area contributed by atoms with E-state index >= 15 is 0 Å². The Labute approximate surface area is 144 Å². The third kappa shape index (κ3) is 2.76. The van der Waals surface area contributed by atoms with Crippen LogP contribution in [0.4, 0.5) is 8.78 Å². The molecule has 0 aliphatic heterocycles. The number of benzene rings is 2. The Morgan fingerprint density at radius 3 is 2.56 bits per heavy atom. The summed E-state index contributed by atoms with van der Waals surface area (Å²) in [6.07, 6.45) is 1.37. The lowest BCUT2D eigenvalue weighted by Gasteiger charge is -2.05. The Kier molecular flexibility index (Phi) is 3.73. The van der Waals surface area contributed by atoms with Gasteiger partial charge in [0.15, 0.2) is 11.6 Å². The predicted octanol–water partition coefficient (Wildman–Crippen LogP) is 3.92. The van der Waals surface area contributed by atoms with Crippen molar-refractivity contribution in [1.29, 1.82) is 0 Å². The SMILES string of the molecule is Fc1ccc(-c2oncc2-c2nnnn2-c2ccc(Cl)cc2)c(F)c1. The molecule has 4 aromatic rings. The molecule has 0 amide bonds. The van der Waals surface area contributed by atoms with Crippen molar-refractivity contribution in [3.63, 3.8) is 0 Å². The number of aromatic nitrogens is 5. The van der Waals surface area contributed by atoms with Gasteiger partial charge in [-0.2, -0.15) is 4.68 Å². The third-order valence-electron chi connectivity index (χ3n) is 3.53. The number of hydrogen-bond acceptors (Lipinski definition) is 5. The Bertz CT molecular complexity index is 1040. The highest BCUT2D eigenvalue weighted by Crippen LogP contribution is 2.33. The van der Waals surface area contributed by atoms with E-state index in [-0.39, 0.29) is 11.3 Å². The molecule has 2 aromatic heterocycles. The standard InChI is InChI=1S/C16H8ClF2N5O/c17-9-1-4-11(5-2-9)24-16(21-22-23-24)13-8-20-25-15(13)12-6-3-10(18)7-14(12)19/h1-8H. The van der Waals surface area contributed by atoms with Gasteiger partial charge in [-0.3, -0.25) is 0 Å². The fraction of sp³-hybridized carbons (Fsp3) is 0. The maximum Gasteiger partial charge on any atom is 0.192 e. The van der Waals surface area contributed by atoms with Crippen LogP contribution >= 0.6 is 11.6 Å². The summed E-state index contributed by atoms with van der Waals surface area (Å²) < 4.78 is 33.9. The van der Waals surface area contributed by atoms with Crippen molar-refractivity contribution in [2.75, 3.05) is 0 Å². The van der Waals surface area contributed by atoms with Crippen molar-refractivity contribution >= 4 is 11.6 Å². The van der Waals surface area contributed by atoms with E-state index in [1.807, 2.05) is 0 Å². The minimum atomic E-state index is -0.775. The average Bonchev–Trinajstić information content (AvgIpc) is 3.24. The lowest BCUT2D eigenvalue weighted by molar-refractivity contribution is 0.429. The molecule has 0 N–H and O–H groups in total. The first kappa shape index (κ1) is 15.4. The molecule has 124 valence electrons. The van der Waals surface area contributed by atoms with Crippen molar-refractivity contribution < 1.29 is 13.3 Å². The second-order valence-corrected chi connectivity index (χ2v) is 5.52. The van der Waals surface area contributed by atoms with Gasteiger partial charge in [-0.05, 0) is 46.8 Å². The van der Waals surface area contributed by atoms with Crippen LogP contribution in [-0.4, -0.2) is 25.4 Å². The van der Waals surface area contributed by atoms with Gasteiger partial charge in [0.05, 0.1) is 23.0 Å². The van der Waals surface area contributed by atoms with Crippen molar-refractivity contribution in [2.45, 2.75) is 0 Å². The van der Waals surface area contributed by atoms with Gasteiger partial charge in [0, 0.05) is 11.1 Å². The second-order valence-electron chi connectivity index (χ2n) is 5.08. The van der Waals surface area contributed by atoms with Crippen LogP contribution in [0.1, 0.15) is 0 Å². The predicted molar refractivity (Wildman–Crippen MR) is 85.0 cm³/mol. The topological polar surface area (TPSA) is 69.6 Å². The molecule has 2 aromatic carbocycles. The highest BCUT2D eigenvalue weighted by atomic mass is 35.5. The van der Waals surface area contributed by atoms with E-state index in [4.69, 9.17) is 16.1 Å². The van der Waals surface area contributed by atoms with E-state index < -0.39 is 11.6 Å². The average molecular weight is 360 g/mol. The highest BCUT2D eigenvalue weighted by Gasteiger charge is 2.22. The molecule has 0 unspecified atom stereocenters. The van der Waals surface area contributed by atoms with Gasteiger partial charge >= 0.3 is 0 Å². The maximum atomic E-state index is 14.1. The summed E-state index contributed by atoms with van der Waals surface area (Å²) in [7, 11) is 0. The van der Waals surface area contributed by atoms with Gasteiger partial charge in [0.25, 0.3) is 0 Å². The largest absolute Gasteiger partial charge is 0.355 e. The van der Waals surface area contributed by atoms with Crippen LogP contribution in [0.2, 0.25) is 5.02 Å². The molecule has 0 radical (unpaired) electrons. The fourth-order valence-electron chi connectivity index (χ4n) is 2.38. The number of hydrogen-bond donors (Lipinski definition) is 0. The van der Waals surface area contributed by atoms with E-state index in [0.717, 1.165) is 12.1 Å². The van der Waals surface area contributed by atoms with Gasteiger partial charge in [0.2, 0.25) is 0 Å². The van der Waals surface area contributed by atoms with Crippen LogP contribution < -0.4 is 0 Å². The van der Waals surface area contributed by atoms with E-state index in [9.17, 15) is 8.78 Å². The Morgan fingerprint density at radius 2 is 1.80 bits per heavy atom. The normalized spacial score (nSPS) is 11.0. The van der Waals surface area contributed by atoms with Gasteiger partial charge < -0.3 is 4.52 Å². The summed E-state index contributed by atoms with van der Waals surface area (Å²) in [6, 6.07) is 10.0. The number of tetrazole rings is 1. The molecular weight excluding hydrogens is 352 g/mol. The summed E-state index contributed by atoms with van der Waals surface area (Å²) >= 11 is 5.89. The summed E-state index contributed by atoms with van der Waals surface area (Å²) in [5, 5.41) is 15.8. The lowest BCUT2D eigenvalue weighted by atomic mass is 10.1. The molecule has 0 saturated carbocycles. The van der Waals surface area contributed by atoms with E-state index in [1.165, 1.54) is 16.9 Å². The number of halogens is 3. The Hall–Kier alpha value is -3.13. The molecule has 0 fully saturated rings. The van der Waals surface area contributed by atoms with Crippen LogP contribution in [0.3, 0.4) is 0 Å². The van der Waals surface area contributed by atoms with Gasteiger partial charge in [-0.15, -0.1) is 5.10 Å². The van der Waals surface area contributed by atoms with Crippen LogP contribution in [0.25, 0.3) is 28.4 Å². The highest BCUT2D eigenvalue weighted by molar-refractivity contribution is 6.30. The summed E-state index contributed by atoms with van der Waals surface area (Å²) in [5.41, 5.74) is 1.07. The molecular formula is C16H8ClF2N5O. The van der Waals surface area contributed by atoms with E-state index in [0.29, 0.717) is 22.1 Å². The van der Waals surface area contributed by atoms with Gasteiger partial charge in [0.1, 0.15) is 11.6 Å². The molecule has 0 atom stereocenters. The zero-order chi connectivity index (χ0) is 17.4. The Morgan fingerprint density at radius 1 is 1.00 bits per heavy atom. The van der Waals surface area contributed by atoms with Crippen molar-refractivity contribution in [1.82, 2.24) is 25.4 Å². The monoisotopic (exact) mass is 359 g/mol. The van der Waals surface area contributed by atoms with Crippen molar-refractivity contribution in [2.24, 2.45) is 0 Å². The van der Waals surface area contributed by atoms with Gasteiger partial charge in [-0.1, -0.05) is 16.8 Å². The summed E-state index contributed by atoms with van der Waals surface area (Å²) in [5.74, 6) is -1.07. The minimum absolute atomic E-state index is 0.0551. The van der Waals surface area contributed by atoms with Crippen LogP contribution in [0, 0.1) is 11.6 Å². The summed E-state index contributed by atoms with van der Waals surface area (Å²) in [4.78, 5) is 0. The second kappa shape index (κ2) is 6.06. The summed E-state index contributed by atoms with van der Waals surface area (Å²) in [6.45, 7) is 0.